The molecule has 0 fully saturated rings. The van der Waals surface area contributed by atoms with Crippen LogP contribution in [0.3, 0.4) is 0 Å². The highest BCUT2D eigenvalue weighted by Gasteiger charge is 2.05. The average molecular weight is 295 g/mol. The van der Waals surface area contributed by atoms with E-state index in [9.17, 15) is 4.79 Å². The van der Waals surface area contributed by atoms with E-state index < -0.39 is 0 Å². The molecule has 3 nitrogen and oxygen atoms in total. The Morgan fingerprint density at radius 3 is 2.52 bits per heavy atom. The zero-order valence-electron chi connectivity index (χ0n) is 11.2. The number of hydrogen-bond donors (Lipinski definition) is 0. The Morgan fingerprint density at radius 2 is 1.81 bits per heavy atom. The average Bonchev–Trinajstić information content (AvgIpc) is 3.03. The van der Waals surface area contributed by atoms with E-state index in [0.717, 1.165) is 28.3 Å². The highest BCUT2D eigenvalue weighted by atomic mass is 32.1. The first kappa shape index (κ1) is 13.5. The number of thiazole rings is 1. The molecule has 0 N–H and O–H groups in total. The summed E-state index contributed by atoms with van der Waals surface area (Å²) in [4.78, 5) is 15.2. The van der Waals surface area contributed by atoms with Gasteiger partial charge in [0.2, 0.25) is 0 Å². The molecule has 0 aliphatic carbocycles. The van der Waals surface area contributed by atoms with Gasteiger partial charge in [-0.25, -0.2) is 4.98 Å². The SMILES string of the molecule is O=Cc1ccc(OCc2csc(-c3ccccc3)n2)cc1. The second-order valence-corrected chi connectivity index (χ2v) is 5.34. The maximum Gasteiger partial charge on any atom is 0.150 e. The number of benzene rings is 2. The number of carbonyl (C=O) groups is 1. The monoisotopic (exact) mass is 295 g/mol. The first-order chi connectivity index (χ1) is 10.3. The third-order valence-corrected chi connectivity index (χ3v) is 3.92. The maximum absolute atomic E-state index is 10.6. The van der Waals surface area contributed by atoms with Crippen molar-refractivity contribution in [2.45, 2.75) is 6.61 Å². The largest absolute Gasteiger partial charge is 0.487 e. The van der Waals surface area contributed by atoms with Crippen LogP contribution in [0, 0.1) is 0 Å². The number of ether oxygens (including phenoxy) is 1. The van der Waals surface area contributed by atoms with E-state index in [1.54, 1.807) is 35.6 Å². The number of carbonyl (C=O) groups excluding carboxylic acids is 1. The molecule has 104 valence electrons. The van der Waals surface area contributed by atoms with Gasteiger partial charge < -0.3 is 4.74 Å². The second kappa shape index (κ2) is 6.33. The minimum absolute atomic E-state index is 0.420. The van der Waals surface area contributed by atoms with E-state index in [1.165, 1.54) is 0 Å². The van der Waals surface area contributed by atoms with Crippen molar-refractivity contribution in [1.82, 2.24) is 4.98 Å². The van der Waals surface area contributed by atoms with Crippen LogP contribution < -0.4 is 4.74 Å². The molecule has 4 heteroatoms. The van der Waals surface area contributed by atoms with E-state index >= 15 is 0 Å². The van der Waals surface area contributed by atoms with Gasteiger partial charge >= 0.3 is 0 Å². The third kappa shape index (κ3) is 3.35. The van der Waals surface area contributed by atoms with E-state index in [4.69, 9.17) is 4.74 Å². The molecular weight excluding hydrogens is 282 g/mol. The van der Waals surface area contributed by atoms with E-state index in [2.05, 4.69) is 4.98 Å². The van der Waals surface area contributed by atoms with Crippen LogP contribution in [0.15, 0.2) is 60.0 Å². The fraction of sp³-hybridized carbons (Fsp3) is 0.0588. The number of hydrogen-bond acceptors (Lipinski definition) is 4. The molecule has 0 saturated carbocycles. The van der Waals surface area contributed by atoms with Crippen LogP contribution >= 0.6 is 11.3 Å². The lowest BCUT2D eigenvalue weighted by atomic mass is 10.2. The zero-order valence-corrected chi connectivity index (χ0v) is 12.0. The standard InChI is InChI=1S/C17H13NO2S/c19-10-13-6-8-16(9-7-13)20-11-15-12-21-17(18-15)14-4-2-1-3-5-14/h1-10,12H,11H2. The molecule has 0 bridgehead atoms. The van der Waals surface area contributed by atoms with Gasteiger partial charge in [-0.3, -0.25) is 4.79 Å². The molecule has 3 aromatic rings. The van der Waals surface area contributed by atoms with Crippen LogP contribution in [-0.4, -0.2) is 11.3 Å². The van der Waals surface area contributed by atoms with Crippen molar-refractivity contribution in [3.63, 3.8) is 0 Å². The molecule has 0 aliphatic rings. The molecule has 0 spiro atoms. The summed E-state index contributed by atoms with van der Waals surface area (Å²) in [5, 5.41) is 2.99. The summed E-state index contributed by atoms with van der Waals surface area (Å²) < 4.78 is 5.67. The first-order valence-electron chi connectivity index (χ1n) is 6.53. The predicted octanol–water partition coefficient (Wildman–Crippen LogP) is 4.20. The molecule has 3 rings (SSSR count). The lowest BCUT2D eigenvalue weighted by Crippen LogP contribution is -1.95. The number of nitrogens with zero attached hydrogens (tertiary/aromatic N) is 1. The molecule has 0 radical (unpaired) electrons. The summed E-state index contributed by atoms with van der Waals surface area (Å²) in [5.41, 5.74) is 2.66. The van der Waals surface area contributed by atoms with Gasteiger partial charge in [0.1, 0.15) is 23.7 Å². The second-order valence-electron chi connectivity index (χ2n) is 4.49. The Bertz CT molecular complexity index is 720. The first-order valence-corrected chi connectivity index (χ1v) is 7.41. The number of aldehydes is 1. The van der Waals surface area contributed by atoms with Gasteiger partial charge in [-0.2, -0.15) is 0 Å². The van der Waals surface area contributed by atoms with Crippen LogP contribution in [0.25, 0.3) is 10.6 Å². The molecule has 0 amide bonds. The smallest absolute Gasteiger partial charge is 0.150 e. The summed E-state index contributed by atoms with van der Waals surface area (Å²) in [7, 11) is 0. The highest BCUT2D eigenvalue weighted by Crippen LogP contribution is 2.24. The third-order valence-electron chi connectivity index (χ3n) is 2.98. The van der Waals surface area contributed by atoms with Crippen molar-refractivity contribution in [3.8, 4) is 16.3 Å². The van der Waals surface area contributed by atoms with Gasteiger partial charge in [0.15, 0.2) is 0 Å². The molecule has 21 heavy (non-hydrogen) atoms. The van der Waals surface area contributed by atoms with Gasteiger partial charge in [-0.15, -0.1) is 11.3 Å². The molecule has 0 saturated heterocycles. The van der Waals surface area contributed by atoms with Gasteiger partial charge in [0, 0.05) is 16.5 Å². The van der Waals surface area contributed by atoms with Gasteiger partial charge in [0.05, 0.1) is 5.69 Å². The summed E-state index contributed by atoms with van der Waals surface area (Å²) >= 11 is 1.61. The van der Waals surface area contributed by atoms with Crippen LogP contribution in [0.5, 0.6) is 5.75 Å². The van der Waals surface area contributed by atoms with Gasteiger partial charge in [-0.05, 0) is 24.3 Å². The maximum atomic E-state index is 10.6. The number of aromatic nitrogens is 1. The topological polar surface area (TPSA) is 39.2 Å². The van der Waals surface area contributed by atoms with E-state index in [1.807, 2.05) is 35.7 Å². The Hall–Kier alpha value is -2.46. The van der Waals surface area contributed by atoms with Crippen molar-refractivity contribution in [2.75, 3.05) is 0 Å². The minimum atomic E-state index is 0.420. The lowest BCUT2D eigenvalue weighted by Gasteiger charge is -2.03. The van der Waals surface area contributed by atoms with E-state index in [-0.39, 0.29) is 0 Å². The van der Waals surface area contributed by atoms with E-state index in [0.29, 0.717) is 12.2 Å². The lowest BCUT2D eigenvalue weighted by molar-refractivity contribution is 0.112. The molecule has 1 heterocycles. The summed E-state index contributed by atoms with van der Waals surface area (Å²) in [5.74, 6) is 0.731. The highest BCUT2D eigenvalue weighted by molar-refractivity contribution is 7.13. The normalized spacial score (nSPS) is 10.3. The fourth-order valence-corrected chi connectivity index (χ4v) is 2.70. The van der Waals surface area contributed by atoms with Crippen molar-refractivity contribution in [2.24, 2.45) is 0 Å². The summed E-state index contributed by atoms with van der Waals surface area (Å²) in [6, 6.07) is 17.1. The van der Waals surface area contributed by atoms with Crippen molar-refractivity contribution in [3.05, 3.63) is 71.2 Å². The Balaban J connectivity index is 1.66. The molecule has 2 aromatic carbocycles. The quantitative estimate of drug-likeness (QED) is 0.662. The number of rotatable bonds is 5. The van der Waals surface area contributed by atoms with Crippen LogP contribution in [-0.2, 0) is 6.61 Å². The fourth-order valence-electron chi connectivity index (χ4n) is 1.89. The molecule has 0 atom stereocenters. The Morgan fingerprint density at radius 1 is 1.05 bits per heavy atom. The van der Waals surface area contributed by atoms with Gasteiger partial charge in [0.25, 0.3) is 0 Å². The summed E-state index contributed by atoms with van der Waals surface area (Å²) in [6.45, 7) is 0.420. The van der Waals surface area contributed by atoms with Crippen LogP contribution in [0.4, 0.5) is 0 Å². The Kier molecular flexibility index (Phi) is 4.07. The summed E-state index contributed by atoms with van der Waals surface area (Å²) in [6.07, 6.45) is 0.816. The minimum Gasteiger partial charge on any atom is -0.487 e. The molecule has 1 aromatic heterocycles. The van der Waals surface area contributed by atoms with Crippen molar-refractivity contribution in [1.29, 1.82) is 0 Å². The van der Waals surface area contributed by atoms with Crippen molar-refractivity contribution < 1.29 is 9.53 Å². The molecule has 0 aliphatic heterocycles. The predicted molar refractivity (Wildman–Crippen MR) is 83.7 cm³/mol. The van der Waals surface area contributed by atoms with Crippen LogP contribution in [0.2, 0.25) is 0 Å². The van der Waals surface area contributed by atoms with Gasteiger partial charge in [-0.1, -0.05) is 30.3 Å². The Labute approximate surface area is 126 Å². The van der Waals surface area contributed by atoms with Crippen molar-refractivity contribution >= 4 is 17.6 Å². The molecule has 0 unspecified atom stereocenters. The van der Waals surface area contributed by atoms with Crippen LogP contribution in [0.1, 0.15) is 16.1 Å². The zero-order chi connectivity index (χ0) is 14.5. The molecular formula is C17H13NO2S.